The summed E-state index contributed by atoms with van der Waals surface area (Å²) in [7, 11) is 0. The second-order valence-corrected chi connectivity index (χ2v) is 10.8. The molecule has 2 aromatic carbocycles. The maximum absolute atomic E-state index is 12.8. The van der Waals surface area contributed by atoms with Crippen LogP contribution in [-0.4, -0.2) is 53.8 Å². The first-order chi connectivity index (χ1) is 19.0. The topological polar surface area (TPSA) is 89.3 Å². The molecule has 3 aromatic rings. The first-order valence-corrected chi connectivity index (χ1v) is 13.9. The van der Waals surface area contributed by atoms with Crippen molar-refractivity contribution in [2.24, 2.45) is 5.92 Å². The Morgan fingerprint density at radius 2 is 1.62 bits per heavy atom. The Morgan fingerprint density at radius 1 is 0.923 bits per heavy atom. The number of nitrogens with zero attached hydrogens (tertiary/aromatic N) is 4. The van der Waals surface area contributed by atoms with Crippen LogP contribution in [0.15, 0.2) is 66.9 Å². The Balaban J connectivity index is 1.06. The van der Waals surface area contributed by atoms with Gasteiger partial charge in [0.1, 0.15) is 5.69 Å². The van der Waals surface area contributed by atoms with Gasteiger partial charge in [0.25, 0.3) is 5.91 Å². The first-order valence-electron chi connectivity index (χ1n) is 13.5. The molecule has 1 aromatic heterocycles. The summed E-state index contributed by atoms with van der Waals surface area (Å²) in [6.07, 6.45) is 5.12. The third-order valence-electron chi connectivity index (χ3n) is 7.75. The van der Waals surface area contributed by atoms with E-state index in [0.29, 0.717) is 21.8 Å². The van der Waals surface area contributed by atoms with E-state index < -0.39 is 0 Å². The van der Waals surface area contributed by atoms with Crippen LogP contribution in [0.1, 0.15) is 57.7 Å². The number of benzene rings is 2. The highest BCUT2D eigenvalue weighted by atomic mass is 35.5. The summed E-state index contributed by atoms with van der Waals surface area (Å²) in [6, 6.07) is 20.8. The largest absolute Gasteiger partial charge is 0.370 e. The summed E-state index contributed by atoms with van der Waals surface area (Å²) in [5.74, 6) is 0.0480. The number of carbonyl (C=O) groups is 2. The highest BCUT2D eigenvalue weighted by Gasteiger charge is 2.26. The molecule has 0 spiro atoms. The maximum atomic E-state index is 12.8. The number of aromatic nitrogens is 1. The summed E-state index contributed by atoms with van der Waals surface area (Å²) in [4.78, 5) is 34.7. The molecule has 2 saturated heterocycles. The molecule has 5 rings (SSSR count). The third-order valence-corrected chi connectivity index (χ3v) is 8.00. The van der Waals surface area contributed by atoms with Gasteiger partial charge in [0.15, 0.2) is 5.78 Å². The van der Waals surface area contributed by atoms with Crippen molar-refractivity contribution in [3.05, 3.63) is 94.3 Å². The minimum atomic E-state index is -0.139. The van der Waals surface area contributed by atoms with E-state index in [4.69, 9.17) is 16.9 Å². The molecule has 3 heterocycles. The van der Waals surface area contributed by atoms with E-state index in [1.165, 1.54) is 5.56 Å². The van der Waals surface area contributed by atoms with E-state index >= 15 is 0 Å². The molecule has 7 nitrogen and oxygen atoms in total. The second-order valence-electron chi connectivity index (χ2n) is 10.4. The number of carbonyl (C=O) groups excluding carboxylic acids is 2. The Bertz CT molecular complexity index is 1320. The predicted molar refractivity (Wildman–Crippen MR) is 152 cm³/mol. The lowest BCUT2D eigenvalue weighted by atomic mass is 9.89. The van der Waals surface area contributed by atoms with Crippen molar-refractivity contribution in [3.8, 4) is 6.07 Å². The number of Topliss-reactive ketones (excluding diaryl/α,β-unsaturated/α-hetero) is 1. The van der Waals surface area contributed by atoms with Crippen molar-refractivity contribution in [1.82, 2.24) is 15.2 Å². The molecule has 39 heavy (non-hydrogen) atoms. The highest BCUT2D eigenvalue weighted by Crippen LogP contribution is 2.26. The van der Waals surface area contributed by atoms with Crippen molar-refractivity contribution < 1.29 is 9.59 Å². The van der Waals surface area contributed by atoms with Gasteiger partial charge in [-0.2, -0.15) is 5.26 Å². The van der Waals surface area contributed by atoms with E-state index in [-0.39, 0.29) is 23.7 Å². The summed E-state index contributed by atoms with van der Waals surface area (Å²) < 4.78 is 0. The molecule has 2 aliphatic heterocycles. The van der Waals surface area contributed by atoms with Crippen molar-refractivity contribution in [2.75, 3.05) is 31.1 Å². The molecule has 1 amide bonds. The number of nitriles is 1. The van der Waals surface area contributed by atoms with Crippen LogP contribution in [0.2, 0.25) is 5.02 Å². The Morgan fingerprint density at radius 3 is 2.23 bits per heavy atom. The number of rotatable bonds is 7. The van der Waals surface area contributed by atoms with Gasteiger partial charge in [0, 0.05) is 55.3 Å². The van der Waals surface area contributed by atoms with Crippen LogP contribution in [0.5, 0.6) is 0 Å². The third kappa shape index (κ3) is 6.83. The molecular formula is C31H32ClN5O2. The average Bonchev–Trinajstić information content (AvgIpc) is 2.99. The number of hydrogen-bond acceptors (Lipinski definition) is 6. The molecule has 0 aliphatic carbocycles. The van der Waals surface area contributed by atoms with Gasteiger partial charge in [-0.1, -0.05) is 23.7 Å². The van der Waals surface area contributed by atoms with Crippen LogP contribution >= 0.6 is 11.6 Å². The number of halogens is 1. The Labute approximate surface area is 234 Å². The molecule has 200 valence electrons. The number of hydrogen-bond donors (Lipinski definition) is 1. The van der Waals surface area contributed by atoms with Gasteiger partial charge in [0.2, 0.25) is 0 Å². The number of pyridine rings is 1. The fourth-order valence-corrected chi connectivity index (χ4v) is 5.52. The van der Waals surface area contributed by atoms with Crippen molar-refractivity contribution >= 4 is 29.0 Å². The van der Waals surface area contributed by atoms with Gasteiger partial charge in [-0.05, 0) is 79.8 Å². The summed E-state index contributed by atoms with van der Waals surface area (Å²) in [5, 5.41) is 12.7. The maximum Gasteiger partial charge on any atom is 0.270 e. The number of piperidine rings is 2. The lowest BCUT2D eigenvalue weighted by Gasteiger charge is -2.33. The molecule has 1 N–H and O–H groups in total. The van der Waals surface area contributed by atoms with E-state index in [0.717, 1.165) is 64.1 Å². The van der Waals surface area contributed by atoms with Crippen LogP contribution in [0.4, 0.5) is 5.69 Å². The van der Waals surface area contributed by atoms with Crippen LogP contribution in [-0.2, 0) is 6.54 Å². The number of amides is 1. The smallest absolute Gasteiger partial charge is 0.270 e. The van der Waals surface area contributed by atoms with Crippen molar-refractivity contribution in [3.63, 3.8) is 0 Å². The SMILES string of the molecule is N#Cc1ccc(CN2CCC(NC(=O)c3ccc(N4CCC(C(=O)c5ccc(Cl)cc5)CC4)cn3)CC2)cc1. The quantitative estimate of drug-likeness (QED) is 0.419. The second kappa shape index (κ2) is 12.4. The monoisotopic (exact) mass is 541 g/mol. The molecule has 8 heteroatoms. The van der Waals surface area contributed by atoms with E-state index in [9.17, 15) is 9.59 Å². The molecule has 0 saturated carbocycles. The lowest BCUT2D eigenvalue weighted by molar-refractivity contribution is 0.0893. The Kier molecular flexibility index (Phi) is 8.55. The number of nitrogens with one attached hydrogen (secondary N) is 1. The lowest BCUT2D eigenvalue weighted by Crippen LogP contribution is -2.44. The average molecular weight is 542 g/mol. The fraction of sp³-hybridized carbons (Fsp3) is 0.355. The fourth-order valence-electron chi connectivity index (χ4n) is 5.39. The first kappa shape index (κ1) is 26.9. The molecule has 2 aliphatic rings. The summed E-state index contributed by atoms with van der Waals surface area (Å²) in [5.41, 5.74) is 3.98. The molecule has 0 bridgehead atoms. The number of ketones is 1. The van der Waals surface area contributed by atoms with Gasteiger partial charge >= 0.3 is 0 Å². The number of likely N-dealkylation sites (tertiary alicyclic amines) is 1. The summed E-state index contributed by atoms with van der Waals surface area (Å²) >= 11 is 5.95. The number of anilines is 1. The zero-order valence-corrected chi connectivity index (χ0v) is 22.6. The van der Waals surface area contributed by atoms with Gasteiger partial charge in [-0.15, -0.1) is 0 Å². The molecule has 0 radical (unpaired) electrons. The molecular weight excluding hydrogens is 510 g/mol. The van der Waals surface area contributed by atoms with Gasteiger partial charge in [-0.3, -0.25) is 14.5 Å². The molecule has 0 atom stereocenters. The van der Waals surface area contributed by atoms with Crippen LogP contribution < -0.4 is 10.2 Å². The van der Waals surface area contributed by atoms with Gasteiger partial charge in [-0.25, -0.2) is 4.98 Å². The zero-order chi connectivity index (χ0) is 27.2. The highest BCUT2D eigenvalue weighted by molar-refractivity contribution is 6.30. The van der Waals surface area contributed by atoms with Gasteiger partial charge in [0.05, 0.1) is 23.5 Å². The van der Waals surface area contributed by atoms with Crippen LogP contribution in [0.25, 0.3) is 0 Å². The standard InChI is InChI=1S/C31H32ClN5O2/c32-26-7-5-24(6-8-26)30(38)25-11-17-37(18-12-25)28-9-10-29(34-20-28)31(39)35-27-13-15-36(16-14-27)21-23-3-1-22(19-33)2-4-23/h1-10,20,25,27H,11-18,21H2,(H,35,39). The normalized spacial score (nSPS) is 17.0. The zero-order valence-electron chi connectivity index (χ0n) is 21.9. The van der Waals surface area contributed by atoms with E-state index in [1.807, 2.05) is 30.3 Å². The van der Waals surface area contributed by atoms with Crippen molar-refractivity contribution in [1.29, 1.82) is 5.26 Å². The Hall–Kier alpha value is -3.73. The minimum absolute atomic E-state index is 0.0102. The van der Waals surface area contributed by atoms with Gasteiger partial charge < -0.3 is 10.2 Å². The molecule has 0 unspecified atom stereocenters. The predicted octanol–water partition coefficient (Wildman–Crippen LogP) is 5.10. The van der Waals surface area contributed by atoms with Crippen LogP contribution in [0.3, 0.4) is 0 Å². The van der Waals surface area contributed by atoms with E-state index in [1.54, 1.807) is 36.5 Å². The molecule has 2 fully saturated rings. The van der Waals surface area contributed by atoms with Crippen molar-refractivity contribution in [2.45, 2.75) is 38.3 Å². The van der Waals surface area contributed by atoms with E-state index in [2.05, 4.69) is 26.2 Å². The van der Waals surface area contributed by atoms with Crippen LogP contribution in [0, 0.1) is 17.2 Å². The minimum Gasteiger partial charge on any atom is -0.370 e. The summed E-state index contributed by atoms with van der Waals surface area (Å²) in [6.45, 7) is 4.22.